The van der Waals surface area contributed by atoms with Crippen LogP contribution >= 0.6 is 0 Å². The van der Waals surface area contributed by atoms with Gasteiger partial charge in [0.1, 0.15) is 5.82 Å². The maximum Gasteiger partial charge on any atom is 0.337 e. The van der Waals surface area contributed by atoms with Crippen LogP contribution in [0.3, 0.4) is 0 Å². The van der Waals surface area contributed by atoms with E-state index in [-0.39, 0.29) is 5.56 Å². The number of nitrogens with zero attached hydrogens (tertiary/aromatic N) is 2. The molecule has 0 aromatic carbocycles. The average molecular weight is 257 g/mol. The van der Waals surface area contributed by atoms with Crippen LogP contribution in [0.5, 0.6) is 0 Å². The molecule has 0 aliphatic rings. The van der Waals surface area contributed by atoms with Gasteiger partial charge in [-0.25, -0.2) is 9.78 Å². The monoisotopic (exact) mass is 257 g/mol. The van der Waals surface area contributed by atoms with Gasteiger partial charge in [0.25, 0.3) is 0 Å². The predicted molar refractivity (Wildman–Crippen MR) is 72.2 cm³/mol. The highest BCUT2D eigenvalue weighted by Gasteiger charge is 2.08. The first-order valence-corrected chi connectivity index (χ1v) is 5.92. The van der Waals surface area contributed by atoms with E-state index in [1.54, 1.807) is 31.5 Å². The standard InChI is InChI=1S/C14H15N3O2/c1-9-5-6-15-7-11(9)8-16-13-4-3-12(14(18)19)10(2)17-13/h3-7H,8H2,1-2H3,(H,16,17)(H,18,19). The number of hydrogen-bond acceptors (Lipinski definition) is 4. The molecular formula is C14H15N3O2. The number of aromatic carboxylic acids is 1. The van der Waals surface area contributed by atoms with Gasteiger partial charge < -0.3 is 10.4 Å². The van der Waals surface area contributed by atoms with Gasteiger partial charge in [0.2, 0.25) is 0 Å². The minimum absolute atomic E-state index is 0.225. The molecule has 0 amide bonds. The number of anilines is 1. The Kier molecular flexibility index (Phi) is 3.75. The highest BCUT2D eigenvalue weighted by molar-refractivity contribution is 5.89. The number of pyridine rings is 2. The number of aromatic nitrogens is 2. The number of carbonyl (C=O) groups is 1. The molecule has 2 aromatic heterocycles. The smallest absolute Gasteiger partial charge is 0.337 e. The molecule has 0 aliphatic heterocycles. The number of carboxylic acid groups (broad SMARTS) is 1. The molecule has 2 N–H and O–H groups in total. The molecule has 2 heterocycles. The van der Waals surface area contributed by atoms with Crippen LogP contribution in [0, 0.1) is 13.8 Å². The lowest BCUT2D eigenvalue weighted by Crippen LogP contribution is -2.07. The van der Waals surface area contributed by atoms with Crippen LogP contribution in [0.4, 0.5) is 5.82 Å². The topological polar surface area (TPSA) is 75.1 Å². The third-order valence-electron chi connectivity index (χ3n) is 2.92. The second kappa shape index (κ2) is 5.48. The molecule has 0 radical (unpaired) electrons. The second-order valence-electron chi connectivity index (χ2n) is 4.29. The van der Waals surface area contributed by atoms with Gasteiger partial charge in [-0.1, -0.05) is 0 Å². The van der Waals surface area contributed by atoms with E-state index in [9.17, 15) is 4.79 Å². The van der Waals surface area contributed by atoms with Crippen molar-refractivity contribution in [2.45, 2.75) is 20.4 Å². The van der Waals surface area contributed by atoms with Crippen LogP contribution in [0.2, 0.25) is 0 Å². The van der Waals surface area contributed by atoms with Crippen LogP contribution < -0.4 is 5.32 Å². The fourth-order valence-electron chi connectivity index (χ4n) is 1.75. The second-order valence-corrected chi connectivity index (χ2v) is 4.29. The summed E-state index contributed by atoms with van der Waals surface area (Å²) in [5, 5.41) is 12.1. The summed E-state index contributed by atoms with van der Waals surface area (Å²) in [4.78, 5) is 19.2. The summed E-state index contributed by atoms with van der Waals surface area (Å²) >= 11 is 0. The average Bonchev–Trinajstić information content (AvgIpc) is 2.37. The van der Waals surface area contributed by atoms with E-state index in [0.717, 1.165) is 11.1 Å². The van der Waals surface area contributed by atoms with Gasteiger partial charge in [-0.05, 0) is 43.2 Å². The lowest BCUT2D eigenvalue weighted by molar-refractivity contribution is 0.0695. The van der Waals surface area contributed by atoms with Crippen molar-refractivity contribution in [1.82, 2.24) is 9.97 Å². The number of rotatable bonds is 4. The van der Waals surface area contributed by atoms with Crippen molar-refractivity contribution in [3.63, 3.8) is 0 Å². The Bertz CT molecular complexity index is 611. The maximum absolute atomic E-state index is 10.9. The highest BCUT2D eigenvalue weighted by atomic mass is 16.4. The Balaban J connectivity index is 2.11. The normalized spacial score (nSPS) is 10.2. The number of hydrogen-bond donors (Lipinski definition) is 2. The van der Waals surface area contributed by atoms with Crippen LogP contribution in [-0.2, 0) is 6.54 Å². The van der Waals surface area contributed by atoms with Gasteiger partial charge in [0, 0.05) is 18.9 Å². The summed E-state index contributed by atoms with van der Waals surface area (Å²) in [6.45, 7) is 4.31. The van der Waals surface area contributed by atoms with Gasteiger partial charge in [0.15, 0.2) is 0 Å². The quantitative estimate of drug-likeness (QED) is 0.879. The van der Waals surface area contributed by atoms with E-state index in [4.69, 9.17) is 5.11 Å². The first-order valence-electron chi connectivity index (χ1n) is 5.92. The van der Waals surface area contributed by atoms with Gasteiger partial charge in [-0.3, -0.25) is 4.98 Å². The van der Waals surface area contributed by atoms with Crippen molar-refractivity contribution in [2.24, 2.45) is 0 Å². The Morgan fingerprint density at radius 1 is 1.32 bits per heavy atom. The maximum atomic E-state index is 10.9. The molecule has 0 saturated carbocycles. The largest absolute Gasteiger partial charge is 0.478 e. The minimum Gasteiger partial charge on any atom is -0.478 e. The van der Waals surface area contributed by atoms with Crippen LogP contribution in [-0.4, -0.2) is 21.0 Å². The lowest BCUT2D eigenvalue weighted by Gasteiger charge is -2.09. The Labute approximate surface area is 111 Å². The fraction of sp³-hybridized carbons (Fsp3) is 0.214. The number of nitrogens with one attached hydrogen (secondary N) is 1. The van der Waals surface area contributed by atoms with Crippen molar-refractivity contribution in [3.05, 3.63) is 53.0 Å². The predicted octanol–water partition coefficient (Wildman–Crippen LogP) is 2.40. The summed E-state index contributed by atoms with van der Waals surface area (Å²) in [6.07, 6.45) is 3.56. The first-order chi connectivity index (χ1) is 9.08. The number of carboxylic acids is 1. The molecule has 0 spiro atoms. The van der Waals surface area contributed by atoms with E-state index in [1.807, 2.05) is 13.0 Å². The molecular weight excluding hydrogens is 242 g/mol. The molecule has 0 unspecified atom stereocenters. The number of aryl methyl sites for hydroxylation is 2. The summed E-state index contributed by atoms with van der Waals surface area (Å²) in [7, 11) is 0. The Morgan fingerprint density at radius 3 is 2.74 bits per heavy atom. The summed E-state index contributed by atoms with van der Waals surface area (Å²) in [5.74, 6) is -0.301. The van der Waals surface area contributed by atoms with Crippen molar-refractivity contribution >= 4 is 11.8 Å². The van der Waals surface area contributed by atoms with Gasteiger partial charge in [-0.2, -0.15) is 0 Å². The minimum atomic E-state index is -0.959. The van der Waals surface area contributed by atoms with Gasteiger partial charge in [-0.15, -0.1) is 0 Å². The molecule has 0 fully saturated rings. The van der Waals surface area contributed by atoms with Gasteiger partial charge in [0.05, 0.1) is 11.3 Å². The summed E-state index contributed by atoms with van der Waals surface area (Å²) in [6, 6.07) is 5.18. The van der Waals surface area contributed by atoms with Crippen LogP contribution in [0.1, 0.15) is 27.2 Å². The molecule has 0 atom stereocenters. The molecule has 0 aliphatic carbocycles. The molecule has 2 aromatic rings. The third-order valence-corrected chi connectivity index (χ3v) is 2.92. The highest BCUT2D eigenvalue weighted by Crippen LogP contribution is 2.12. The Morgan fingerprint density at radius 2 is 2.11 bits per heavy atom. The molecule has 5 heteroatoms. The lowest BCUT2D eigenvalue weighted by atomic mass is 10.1. The molecule has 19 heavy (non-hydrogen) atoms. The van der Waals surface area contributed by atoms with Crippen LogP contribution in [0.25, 0.3) is 0 Å². The van der Waals surface area contributed by atoms with Crippen molar-refractivity contribution < 1.29 is 9.90 Å². The van der Waals surface area contributed by atoms with E-state index in [0.29, 0.717) is 18.1 Å². The fourth-order valence-corrected chi connectivity index (χ4v) is 1.75. The Hall–Kier alpha value is -2.43. The zero-order valence-electron chi connectivity index (χ0n) is 10.8. The molecule has 2 rings (SSSR count). The summed E-state index contributed by atoms with van der Waals surface area (Å²) < 4.78 is 0. The van der Waals surface area contributed by atoms with E-state index < -0.39 is 5.97 Å². The van der Waals surface area contributed by atoms with E-state index >= 15 is 0 Å². The van der Waals surface area contributed by atoms with Crippen molar-refractivity contribution in [1.29, 1.82) is 0 Å². The summed E-state index contributed by atoms with van der Waals surface area (Å²) in [5.41, 5.74) is 2.97. The molecule has 98 valence electrons. The van der Waals surface area contributed by atoms with Gasteiger partial charge >= 0.3 is 5.97 Å². The first kappa shape index (κ1) is 13.0. The van der Waals surface area contributed by atoms with Crippen molar-refractivity contribution in [2.75, 3.05) is 5.32 Å². The van der Waals surface area contributed by atoms with E-state index in [2.05, 4.69) is 15.3 Å². The SMILES string of the molecule is Cc1ccncc1CNc1ccc(C(=O)O)c(C)n1. The third kappa shape index (κ3) is 3.07. The van der Waals surface area contributed by atoms with E-state index in [1.165, 1.54) is 0 Å². The zero-order chi connectivity index (χ0) is 13.8. The molecule has 5 nitrogen and oxygen atoms in total. The van der Waals surface area contributed by atoms with Crippen molar-refractivity contribution in [3.8, 4) is 0 Å². The molecule has 0 saturated heterocycles. The zero-order valence-corrected chi connectivity index (χ0v) is 10.8. The van der Waals surface area contributed by atoms with Crippen LogP contribution in [0.15, 0.2) is 30.6 Å². The molecule has 0 bridgehead atoms.